The van der Waals surface area contributed by atoms with Gasteiger partial charge in [0.25, 0.3) is 0 Å². The quantitative estimate of drug-likeness (QED) is 0.819. The Labute approximate surface area is 116 Å². The SMILES string of the molecule is CC(C)CN(CC(=O)O)C(c1ccccc1)C(C)C. The predicted octanol–water partition coefficient (Wildman–Crippen LogP) is 3.43. The first-order valence-corrected chi connectivity index (χ1v) is 6.92. The molecule has 0 aromatic heterocycles. The van der Waals surface area contributed by atoms with E-state index in [2.05, 4.69) is 44.7 Å². The molecule has 3 nitrogen and oxygen atoms in total. The molecule has 1 rings (SSSR count). The summed E-state index contributed by atoms with van der Waals surface area (Å²) in [6, 6.07) is 10.3. The number of benzene rings is 1. The molecular formula is C16H25NO2. The molecule has 0 bridgehead atoms. The second kappa shape index (κ2) is 7.29. The summed E-state index contributed by atoms with van der Waals surface area (Å²) in [4.78, 5) is 13.2. The lowest BCUT2D eigenvalue weighted by Crippen LogP contribution is -2.38. The van der Waals surface area contributed by atoms with E-state index in [-0.39, 0.29) is 12.6 Å². The Bertz CT molecular complexity index is 387. The van der Waals surface area contributed by atoms with Gasteiger partial charge in [-0.25, -0.2) is 0 Å². The first-order valence-electron chi connectivity index (χ1n) is 6.92. The Kier molecular flexibility index (Phi) is 6.03. The van der Waals surface area contributed by atoms with Gasteiger partial charge in [-0.1, -0.05) is 58.0 Å². The number of nitrogens with zero attached hydrogens (tertiary/aromatic N) is 1. The van der Waals surface area contributed by atoms with Crippen molar-refractivity contribution in [1.29, 1.82) is 0 Å². The molecule has 0 fully saturated rings. The Morgan fingerprint density at radius 1 is 1.16 bits per heavy atom. The summed E-state index contributed by atoms with van der Waals surface area (Å²) in [5.74, 6) is 0.0621. The van der Waals surface area contributed by atoms with Crippen molar-refractivity contribution in [2.75, 3.05) is 13.1 Å². The van der Waals surface area contributed by atoms with Crippen LogP contribution in [-0.4, -0.2) is 29.1 Å². The molecule has 0 amide bonds. The molecule has 0 aliphatic heterocycles. The minimum atomic E-state index is -0.762. The van der Waals surface area contributed by atoms with Crippen molar-refractivity contribution >= 4 is 5.97 Å². The standard InChI is InChI=1S/C16H25NO2/c1-12(2)10-17(11-15(18)19)16(13(3)4)14-8-6-5-7-9-14/h5-9,12-13,16H,10-11H2,1-4H3,(H,18,19). The summed E-state index contributed by atoms with van der Waals surface area (Å²) in [5.41, 5.74) is 1.19. The maximum atomic E-state index is 11.1. The zero-order valence-electron chi connectivity index (χ0n) is 12.3. The molecule has 0 spiro atoms. The van der Waals surface area contributed by atoms with Crippen molar-refractivity contribution in [2.45, 2.75) is 33.7 Å². The number of carboxylic acid groups (broad SMARTS) is 1. The van der Waals surface area contributed by atoms with Crippen LogP contribution in [0.4, 0.5) is 0 Å². The van der Waals surface area contributed by atoms with E-state index in [0.29, 0.717) is 11.8 Å². The van der Waals surface area contributed by atoms with Crippen molar-refractivity contribution < 1.29 is 9.90 Å². The van der Waals surface area contributed by atoms with Crippen LogP contribution in [0.15, 0.2) is 30.3 Å². The van der Waals surface area contributed by atoms with E-state index in [1.54, 1.807) is 0 Å². The third-order valence-corrected chi connectivity index (χ3v) is 3.10. The highest BCUT2D eigenvalue weighted by Gasteiger charge is 2.25. The van der Waals surface area contributed by atoms with E-state index in [1.807, 2.05) is 18.2 Å². The second-order valence-corrected chi connectivity index (χ2v) is 5.82. The van der Waals surface area contributed by atoms with Gasteiger partial charge < -0.3 is 5.11 Å². The Balaban J connectivity index is 3.01. The fourth-order valence-electron chi connectivity index (χ4n) is 2.59. The average Bonchev–Trinajstić information content (AvgIpc) is 2.28. The van der Waals surface area contributed by atoms with E-state index >= 15 is 0 Å². The van der Waals surface area contributed by atoms with E-state index in [4.69, 9.17) is 5.11 Å². The van der Waals surface area contributed by atoms with Gasteiger partial charge in [-0.05, 0) is 17.4 Å². The van der Waals surface area contributed by atoms with Crippen LogP contribution in [0.25, 0.3) is 0 Å². The first-order chi connectivity index (χ1) is 8.91. The third-order valence-electron chi connectivity index (χ3n) is 3.10. The minimum absolute atomic E-state index is 0.0932. The molecule has 0 saturated heterocycles. The third kappa shape index (κ3) is 5.03. The first kappa shape index (κ1) is 15.7. The zero-order chi connectivity index (χ0) is 14.4. The molecule has 0 saturated carbocycles. The highest BCUT2D eigenvalue weighted by molar-refractivity contribution is 5.69. The molecule has 3 heteroatoms. The highest BCUT2D eigenvalue weighted by atomic mass is 16.4. The van der Waals surface area contributed by atoms with Crippen LogP contribution in [0, 0.1) is 11.8 Å². The molecule has 0 aliphatic carbocycles. The molecule has 1 aromatic rings. The van der Waals surface area contributed by atoms with Crippen molar-refractivity contribution in [1.82, 2.24) is 4.90 Å². The molecule has 1 aromatic carbocycles. The van der Waals surface area contributed by atoms with E-state index in [0.717, 1.165) is 6.54 Å². The fraction of sp³-hybridized carbons (Fsp3) is 0.562. The van der Waals surface area contributed by atoms with Crippen LogP contribution in [0.5, 0.6) is 0 Å². The molecule has 1 unspecified atom stereocenters. The second-order valence-electron chi connectivity index (χ2n) is 5.82. The van der Waals surface area contributed by atoms with Gasteiger partial charge in [0.1, 0.15) is 0 Å². The van der Waals surface area contributed by atoms with Gasteiger partial charge in [0.2, 0.25) is 0 Å². The average molecular weight is 263 g/mol. The van der Waals surface area contributed by atoms with Gasteiger partial charge in [-0.15, -0.1) is 0 Å². The smallest absolute Gasteiger partial charge is 0.317 e. The number of carbonyl (C=O) groups is 1. The maximum absolute atomic E-state index is 11.1. The Hall–Kier alpha value is -1.35. The van der Waals surface area contributed by atoms with Gasteiger partial charge in [-0.3, -0.25) is 9.69 Å². The van der Waals surface area contributed by atoms with Gasteiger partial charge in [0.05, 0.1) is 6.54 Å². The normalized spacial score (nSPS) is 13.2. The van der Waals surface area contributed by atoms with Crippen molar-refractivity contribution in [3.63, 3.8) is 0 Å². The van der Waals surface area contributed by atoms with Crippen LogP contribution in [-0.2, 0) is 4.79 Å². The molecule has 1 atom stereocenters. The lowest BCUT2D eigenvalue weighted by molar-refractivity contribution is -0.139. The molecule has 0 heterocycles. The van der Waals surface area contributed by atoms with Crippen molar-refractivity contribution in [3.8, 4) is 0 Å². The lowest BCUT2D eigenvalue weighted by atomic mass is 9.93. The topological polar surface area (TPSA) is 40.5 Å². The molecule has 19 heavy (non-hydrogen) atoms. The van der Waals surface area contributed by atoms with Crippen LogP contribution >= 0.6 is 0 Å². The molecule has 106 valence electrons. The predicted molar refractivity (Wildman–Crippen MR) is 78.1 cm³/mol. The zero-order valence-corrected chi connectivity index (χ0v) is 12.3. The number of carboxylic acids is 1. The van der Waals surface area contributed by atoms with E-state index < -0.39 is 5.97 Å². The Morgan fingerprint density at radius 2 is 1.74 bits per heavy atom. The lowest BCUT2D eigenvalue weighted by Gasteiger charge is -2.34. The van der Waals surface area contributed by atoms with Gasteiger partial charge >= 0.3 is 5.97 Å². The molecular weight excluding hydrogens is 238 g/mol. The van der Waals surface area contributed by atoms with Crippen LogP contribution in [0.2, 0.25) is 0 Å². The summed E-state index contributed by atoms with van der Waals surface area (Å²) in [6.07, 6.45) is 0. The van der Waals surface area contributed by atoms with Gasteiger partial charge in [-0.2, -0.15) is 0 Å². The van der Waals surface area contributed by atoms with Crippen LogP contribution < -0.4 is 0 Å². The number of rotatable bonds is 7. The van der Waals surface area contributed by atoms with Crippen molar-refractivity contribution in [2.24, 2.45) is 11.8 Å². The largest absolute Gasteiger partial charge is 0.480 e. The molecule has 1 N–H and O–H groups in total. The van der Waals surface area contributed by atoms with Crippen LogP contribution in [0.1, 0.15) is 39.3 Å². The van der Waals surface area contributed by atoms with E-state index in [9.17, 15) is 4.79 Å². The highest BCUT2D eigenvalue weighted by Crippen LogP contribution is 2.28. The number of aliphatic carboxylic acids is 1. The van der Waals surface area contributed by atoms with E-state index in [1.165, 1.54) is 5.56 Å². The monoisotopic (exact) mass is 263 g/mol. The molecule has 0 radical (unpaired) electrons. The summed E-state index contributed by atoms with van der Waals surface area (Å²) < 4.78 is 0. The van der Waals surface area contributed by atoms with Crippen molar-refractivity contribution in [3.05, 3.63) is 35.9 Å². The summed E-state index contributed by atoms with van der Waals surface area (Å²) in [6.45, 7) is 9.42. The maximum Gasteiger partial charge on any atom is 0.317 e. The fourth-order valence-corrected chi connectivity index (χ4v) is 2.59. The van der Waals surface area contributed by atoms with Crippen LogP contribution in [0.3, 0.4) is 0 Å². The minimum Gasteiger partial charge on any atom is -0.480 e. The number of hydrogen-bond donors (Lipinski definition) is 1. The molecule has 0 aliphatic rings. The summed E-state index contributed by atoms with van der Waals surface area (Å²) >= 11 is 0. The Morgan fingerprint density at radius 3 is 2.16 bits per heavy atom. The summed E-state index contributed by atoms with van der Waals surface area (Å²) in [5, 5.41) is 9.13. The van der Waals surface area contributed by atoms with Gasteiger partial charge in [0.15, 0.2) is 0 Å². The summed E-state index contributed by atoms with van der Waals surface area (Å²) in [7, 11) is 0. The number of hydrogen-bond acceptors (Lipinski definition) is 2. The van der Waals surface area contributed by atoms with Gasteiger partial charge in [0, 0.05) is 12.6 Å².